The highest BCUT2D eigenvalue weighted by Crippen LogP contribution is 2.35. The SMILES string of the molecule is COc1cccc(CN(C)C(=O)c2cc(-c3ccc4c(c3)OCCO4)nc3c2cnn3C(C)C)c1. The fraction of sp³-hybridized carbons (Fsp3) is 0.296. The molecule has 35 heavy (non-hydrogen) atoms. The summed E-state index contributed by atoms with van der Waals surface area (Å²) in [7, 11) is 3.43. The summed E-state index contributed by atoms with van der Waals surface area (Å²) in [6.45, 7) is 5.56. The third-order valence-electron chi connectivity index (χ3n) is 6.02. The van der Waals surface area contributed by atoms with Gasteiger partial charge in [-0.1, -0.05) is 12.1 Å². The van der Waals surface area contributed by atoms with Crippen molar-refractivity contribution in [2.24, 2.45) is 0 Å². The number of ether oxygens (including phenoxy) is 3. The van der Waals surface area contributed by atoms with E-state index >= 15 is 0 Å². The summed E-state index contributed by atoms with van der Waals surface area (Å²) in [6.07, 6.45) is 1.72. The van der Waals surface area contributed by atoms with E-state index in [0.717, 1.165) is 22.3 Å². The maximum Gasteiger partial charge on any atom is 0.254 e. The molecule has 8 nitrogen and oxygen atoms in total. The molecular formula is C27H28N4O4. The molecule has 0 saturated heterocycles. The number of fused-ring (bicyclic) bond motifs is 2. The highest BCUT2D eigenvalue weighted by atomic mass is 16.6. The third kappa shape index (κ3) is 4.39. The third-order valence-corrected chi connectivity index (χ3v) is 6.02. The van der Waals surface area contributed by atoms with Crippen LogP contribution >= 0.6 is 0 Å². The Hall–Kier alpha value is -4.07. The van der Waals surface area contributed by atoms with Crippen LogP contribution in [0.5, 0.6) is 17.2 Å². The molecule has 2 aromatic heterocycles. The van der Waals surface area contributed by atoms with Crippen molar-refractivity contribution in [1.29, 1.82) is 0 Å². The lowest BCUT2D eigenvalue weighted by atomic mass is 10.0. The van der Waals surface area contributed by atoms with Gasteiger partial charge in [0, 0.05) is 25.2 Å². The predicted octanol–water partition coefficient (Wildman–Crippen LogP) is 4.73. The van der Waals surface area contributed by atoms with Crippen LogP contribution in [0.2, 0.25) is 0 Å². The largest absolute Gasteiger partial charge is 0.497 e. The maximum atomic E-state index is 13.7. The summed E-state index contributed by atoms with van der Waals surface area (Å²) >= 11 is 0. The second kappa shape index (κ2) is 9.29. The van der Waals surface area contributed by atoms with E-state index in [9.17, 15) is 4.79 Å². The molecule has 4 aromatic rings. The van der Waals surface area contributed by atoms with Crippen molar-refractivity contribution in [1.82, 2.24) is 19.7 Å². The zero-order valence-electron chi connectivity index (χ0n) is 20.3. The number of hydrogen-bond acceptors (Lipinski definition) is 6. The number of nitrogens with zero attached hydrogens (tertiary/aromatic N) is 4. The first kappa shape index (κ1) is 22.7. The lowest BCUT2D eigenvalue weighted by Gasteiger charge is -2.20. The number of aromatic nitrogens is 3. The Kier molecular flexibility index (Phi) is 6.03. The normalized spacial score (nSPS) is 12.7. The van der Waals surface area contributed by atoms with Crippen molar-refractivity contribution in [3.05, 3.63) is 65.9 Å². The van der Waals surface area contributed by atoms with E-state index in [0.29, 0.717) is 48.2 Å². The Balaban J connectivity index is 1.57. The Bertz CT molecular complexity index is 1400. The first-order chi connectivity index (χ1) is 16.9. The Morgan fingerprint density at radius 1 is 1.11 bits per heavy atom. The molecule has 0 fully saturated rings. The molecule has 1 amide bonds. The van der Waals surface area contributed by atoms with Crippen LogP contribution in [0, 0.1) is 0 Å². The highest BCUT2D eigenvalue weighted by Gasteiger charge is 2.22. The van der Waals surface area contributed by atoms with Gasteiger partial charge in [-0.2, -0.15) is 5.10 Å². The minimum Gasteiger partial charge on any atom is -0.497 e. The Labute approximate surface area is 204 Å². The van der Waals surface area contributed by atoms with Crippen molar-refractivity contribution in [3.63, 3.8) is 0 Å². The fourth-order valence-corrected chi connectivity index (χ4v) is 4.25. The molecule has 1 aliphatic rings. The summed E-state index contributed by atoms with van der Waals surface area (Å²) < 4.78 is 18.6. The molecule has 1 aliphatic heterocycles. The van der Waals surface area contributed by atoms with E-state index in [1.807, 2.05) is 67.1 Å². The van der Waals surface area contributed by atoms with Crippen LogP contribution < -0.4 is 14.2 Å². The molecule has 0 bridgehead atoms. The lowest BCUT2D eigenvalue weighted by molar-refractivity contribution is 0.0787. The summed E-state index contributed by atoms with van der Waals surface area (Å²) in [6, 6.07) is 15.4. The summed E-state index contributed by atoms with van der Waals surface area (Å²) in [5, 5.41) is 5.26. The molecule has 0 N–H and O–H groups in total. The van der Waals surface area contributed by atoms with Crippen LogP contribution in [0.4, 0.5) is 0 Å². The van der Waals surface area contributed by atoms with E-state index in [1.54, 1.807) is 25.3 Å². The van der Waals surface area contributed by atoms with Crippen LogP contribution in [0.25, 0.3) is 22.3 Å². The average molecular weight is 473 g/mol. The van der Waals surface area contributed by atoms with Gasteiger partial charge in [-0.25, -0.2) is 9.67 Å². The predicted molar refractivity (Wildman–Crippen MR) is 133 cm³/mol. The monoisotopic (exact) mass is 472 g/mol. The van der Waals surface area contributed by atoms with Crippen LogP contribution in [0.3, 0.4) is 0 Å². The molecule has 5 rings (SSSR count). The van der Waals surface area contributed by atoms with Gasteiger partial charge in [0.15, 0.2) is 17.1 Å². The number of pyridine rings is 1. The quantitative estimate of drug-likeness (QED) is 0.404. The van der Waals surface area contributed by atoms with Gasteiger partial charge in [0.2, 0.25) is 0 Å². The summed E-state index contributed by atoms with van der Waals surface area (Å²) in [4.78, 5) is 20.3. The van der Waals surface area contributed by atoms with Crippen molar-refractivity contribution in [2.45, 2.75) is 26.4 Å². The minimum absolute atomic E-state index is 0.0907. The average Bonchev–Trinajstić information content (AvgIpc) is 3.32. The molecule has 0 unspecified atom stereocenters. The molecule has 0 saturated carbocycles. The van der Waals surface area contributed by atoms with Crippen LogP contribution in [-0.2, 0) is 6.54 Å². The molecule has 3 heterocycles. The molecule has 180 valence electrons. The number of benzene rings is 2. The van der Waals surface area contributed by atoms with Gasteiger partial charge >= 0.3 is 0 Å². The smallest absolute Gasteiger partial charge is 0.254 e. The molecule has 0 atom stereocenters. The fourth-order valence-electron chi connectivity index (χ4n) is 4.25. The van der Waals surface area contributed by atoms with Crippen molar-refractivity contribution in [3.8, 4) is 28.5 Å². The number of methoxy groups -OCH3 is 1. The van der Waals surface area contributed by atoms with Crippen molar-refractivity contribution >= 4 is 16.9 Å². The molecule has 8 heteroatoms. The second-order valence-corrected chi connectivity index (χ2v) is 8.85. The van der Waals surface area contributed by atoms with Crippen LogP contribution in [0.15, 0.2) is 54.7 Å². The number of hydrogen-bond donors (Lipinski definition) is 0. The standard InChI is InChI=1S/C27H28N4O4/c1-17(2)31-26-22(15-28-31)21(27(32)30(3)16-18-6-5-7-20(12-18)33-4)14-23(29-26)19-8-9-24-25(13-19)35-11-10-34-24/h5-9,12-15,17H,10-11,16H2,1-4H3. The van der Waals surface area contributed by atoms with Crippen molar-refractivity contribution < 1.29 is 19.0 Å². The zero-order chi connectivity index (χ0) is 24.5. The van der Waals surface area contributed by atoms with E-state index in [1.165, 1.54) is 0 Å². The molecular weight excluding hydrogens is 444 g/mol. The van der Waals surface area contributed by atoms with E-state index in [2.05, 4.69) is 5.10 Å². The minimum atomic E-state index is -0.109. The number of amides is 1. The molecule has 0 spiro atoms. The summed E-state index contributed by atoms with van der Waals surface area (Å²) in [5.74, 6) is 2.04. The van der Waals surface area contributed by atoms with E-state index < -0.39 is 0 Å². The Morgan fingerprint density at radius 3 is 2.69 bits per heavy atom. The zero-order valence-corrected chi connectivity index (χ0v) is 20.3. The molecule has 0 radical (unpaired) electrons. The first-order valence-corrected chi connectivity index (χ1v) is 11.6. The summed E-state index contributed by atoms with van der Waals surface area (Å²) in [5.41, 5.74) is 3.73. The highest BCUT2D eigenvalue weighted by molar-refractivity contribution is 6.06. The van der Waals surface area contributed by atoms with Gasteiger partial charge < -0.3 is 19.1 Å². The van der Waals surface area contributed by atoms with Gasteiger partial charge in [0.05, 0.1) is 30.0 Å². The Morgan fingerprint density at radius 2 is 1.91 bits per heavy atom. The number of rotatable bonds is 6. The van der Waals surface area contributed by atoms with Crippen molar-refractivity contribution in [2.75, 3.05) is 27.4 Å². The van der Waals surface area contributed by atoms with Gasteiger partial charge in [0.25, 0.3) is 5.91 Å². The molecule has 0 aliphatic carbocycles. The van der Waals surface area contributed by atoms with Crippen LogP contribution in [0.1, 0.15) is 35.8 Å². The van der Waals surface area contributed by atoms with Crippen LogP contribution in [-0.4, -0.2) is 52.9 Å². The van der Waals surface area contributed by atoms with Gasteiger partial charge in [-0.15, -0.1) is 0 Å². The topological polar surface area (TPSA) is 78.7 Å². The van der Waals surface area contributed by atoms with Gasteiger partial charge in [0.1, 0.15) is 19.0 Å². The number of carbonyl (C=O) groups is 1. The van der Waals surface area contributed by atoms with Gasteiger partial charge in [-0.05, 0) is 55.8 Å². The van der Waals surface area contributed by atoms with Gasteiger partial charge in [-0.3, -0.25) is 4.79 Å². The number of carbonyl (C=O) groups excluding carboxylic acids is 1. The lowest BCUT2D eigenvalue weighted by Crippen LogP contribution is -2.26. The van der Waals surface area contributed by atoms with E-state index in [4.69, 9.17) is 19.2 Å². The maximum absolute atomic E-state index is 13.7. The van der Waals surface area contributed by atoms with E-state index in [-0.39, 0.29) is 11.9 Å². The molecule has 2 aromatic carbocycles. The first-order valence-electron chi connectivity index (χ1n) is 11.6. The second-order valence-electron chi connectivity index (χ2n) is 8.85.